The quantitative estimate of drug-likeness (QED) is 0.0353. The molecule has 0 saturated heterocycles. The van der Waals surface area contributed by atoms with E-state index in [1.165, 1.54) is 148 Å². The van der Waals surface area contributed by atoms with E-state index in [1.807, 2.05) is 0 Å². The van der Waals surface area contributed by atoms with Crippen LogP contribution in [0, 0.1) is 5.92 Å². The summed E-state index contributed by atoms with van der Waals surface area (Å²) < 4.78 is 16.6. The van der Waals surface area contributed by atoms with E-state index in [4.69, 9.17) is 14.2 Å². The molecule has 0 fully saturated rings. The first-order valence-electron chi connectivity index (χ1n) is 22.9. The van der Waals surface area contributed by atoms with Gasteiger partial charge in [0.15, 0.2) is 6.10 Å². The standard InChI is InChI=1S/C46H88O6/c1-5-7-9-11-13-14-15-16-17-18-19-20-21-22-23-25-30-34-38-45(48)51-41-43(40-50-44(47)37-33-29-24-12-10-8-6-2)52-46(49)39-35-31-27-26-28-32-36-42(3)4/h42-43H,5-41H2,1-4H3/t43-/m1/s1. The summed E-state index contributed by atoms with van der Waals surface area (Å²) in [6.45, 7) is 8.89. The van der Waals surface area contributed by atoms with Gasteiger partial charge in [0, 0.05) is 19.3 Å². The molecule has 0 rings (SSSR count). The van der Waals surface area contributed by atoms with Gasteiger partial charge in [-0.15, -0.1) is 0 Å². The number of carbonyl (C=O) groups excluding carboxylic acids is 3. The van der Waals surface area contributed by atoms with Crippen LogP contribution in [0.15, 0.2) is 0 Å². The highest BCUT2D eigenvalue weighted by Gasteiger charge is 2.19. The summed E-state index contributed by atoms with van der Waals surface area (Å²) in [4.78, 5) is 37.5. The molecule has 0 heterocycles. The van der Waals surface area contributed by atoms with E-state index in [0.29, 0.717) is 19.3 Å². The minimum Gasteiger partial charge on any atom is -0.462 e. The van der Waals surface area contributed by atoms with Crippen molar-refractivity contribution in [2.24, 2.45) is 5.92 Å². The lowest BCUT2D eigenvalue weighted by Crippen LogP contribution is -2.30. The zero-order valence-electron chi connectivity index (χ0n) is 35.3. The lowest BCUT2D eigenvalue weighted by atomic mass is 10.0. The Kier molecular flexibility index (Phi) is 39.4. The minimum absolute atomic E-state index is 0.0653. The molecule has 0 bridgehead atoms. The van der Waals surface area contributed by atoms with Crippen molar-refractivity contribution in [1.29, 1.82) is 0 Å². The number of ether oxygens (including phenoxy) is 3. The van der Waals surface area contributed by atoms with Crippen molar-refractivity contribution in [3.05, 3.63) is 0 Å². The highest BCUT2D eigenvalue weighted by Crippen LogP contribution is 2.16. The molecule has 0 N–H and O–H groups in total. The van der Waals surface area contributed by atoms with E-state index in [0.717, 1.165) is 63.7 Å². The molecule has 0 saturated carbocycles. The fourth-order valence-corrected chi connectivity index (χ4v) is 6.80. The van der Waals surface area contributed by atoms with Crippen LogP contribution in [0.5, 0.6) is 0 Å². The molecule has 0 aliphatic heterocycles. The molecule has 0 aromatic carbocycles. The monoisotopic (exact) mass is 737 g/mol. The lowest BCUT2D eigenvalue weighted by Gasteiger charge is -2.18. The Balaban J connectivity index is 4.16. The Morgan fingerprint density at radius 2 is 0.635 bits per heavy atom. The van der Waals surface area contributed by atoms with Gasteiger partial charge in [-0.3, -0.25) is 14.4 Å². The number of esters is 3. The van der Waals surface area contributed by atoms with Crippen molar-refractivity contribution in [2.75, 3.05) is 13.2 Å². The molecular weight excluding hydrogens is 648 g/mol. The first-order valence-corrected chi connectivity index (χ1v) is 22.9. The van der Waals surface area contributed by atoms with E-state index in [9.17, 15) is 14.4 Å². The van der Waals surface area contributed by atoms with Crippen molar-refractivity contribution in [3.8, 4) is 0 Å². The second kappa shape index (κ2) is 40.6. The van der Waals surface area contributed by atoms with E-state index < -0.39 is 6.10 Å². The lowest BCUT2D eigenvalue weighted by molar-refractivity contribution is -0.167. The van der Waals surface area contributed by atoms with Gasteiger partial charge in [0.25, 0.3) is 0 Å². The second-order valence-electron chi connectivity index (χ2n) is 16.2. The fraction of sp³-hybridized carbons (Fsp3) is 0.935. The zero-order chi connectivity index (χ0) is 38.2. The van der Waals surface area contributed by atoms with Gasteiger partial charge < -0.3 is 14.2 Å². The summed E-state index contributed by atoms with van der Waals surface area (Å²) in [5.41, 5.74) is 0. The fourth-order valence-electron chi connectivity index (χ4n) is 6.80. The van der Waals surface area contributed by atoms with Crippen molar-refractivity contribution < 1.29 is 28.6 Å². The maximum absolute atomic E-state index is 12.6. The maximum atomic E-state index is 12.6. The van der Waals surface area contributed by atoms with Crippen LogP contribution in [0.1, 0.15) is 252 Å². The van der Waals surface area contributed by atoms with Crippen molar-refractivity contribution >= 4 is 17.9 Å². The van der Waals surface area contributed by atoms with Gasteiger partial charge in [0.2, 0.25) is 0 Å². The van der Waals surface area contributed by atoms with Gasteiger partial charge in [0.1, 0.15) is 13.2 Å². The molecule has 0 aliphatic carbocycles. The van der Waals surface area contributed by atoms with Crippen LogP contribution in [-0.2, 0) is 28.6 Å². The molecule has 308 valence electrons. The van der Waals surface area contributed by atoms with Gasteiger partial charge in [-0.05, 0) is 25.2 Å². The van der Waals surface area contributed by atoms with Crippen molar-refractivity contribution in [2.45, 2.75) is 259 Å². The van der Waals surface area contributed by atoms with Crippen LogP contribution < -0.4 is 0 Å². The van der Waals surface area contributed by atoms with Crippen molar-refractivity contribution in [1.82, 2.24) is 0 Å². The van der Waals surface area contributed by atoms with Crippen LogP contribution in [0.3, 0.4) is 0 Å². The molecule has 0 aromatic heterocycles. The predicted octanol–water partition coefficient (Wildman–Crippen LogP) is 14.3. The highest BCUT2D eigenvalue weighted by atomic mass is 16.6. The van der Waals surface area contributed by atoms with Gasteiger partial charge in [0.05, 0.1) is 0 Å². The average Bonchev–Trinajstić information content (AvgIpc) is 3.12. The normalized spacial score (nSPS) is 11.9. The first kappa shape index (κ1) is 50.4. The van der Waals surface area contributed by atoms with Crippen LogP contribution in [0.25, 0.3) is 0 Å². The summed E-state index contributed by atoms with van der Waals surface area (Å²) in [6, 6.07) is 0. The van der Waals surface area contributed by atoms with Crippen molar-refractivity contribution in [3.63, 3.8) is 0 Å². The summed E-state index contributed by atoms with van der Waals surface area (Å²) in [5.74, 6) is -0.107. The summed E-state index contributed by atoms with van der Waals surface area (Å²) in [5, 5.41) is 0. The number of hydrogen-bond acceptors (Lipinski definition) is 6. The summed E-state index contributed by atoms with van der Waals surface area (Å²) in [6.07, 6.45) is 39.8. The SMILES string of the molecule is CCCCCCCCCCCCCCCCCCCCC(=O)OC[C@@H](COC(=O)CCCCCCCCC)OC(=O)CCCCCCCCC(C)C. The molecule has 0 aromatic rings. The molecule has 1 atom stereocenters. The number of rotatable bonds is 41. The average molecular weight is 737 g/mol. The number of carbonyl (C=O) groups is 3. The Bertz CT molecular complexity index is 781. The third kappa shape index (κ3) is 39.6. The van der Waals surface area contributed by atoms with Crippen LogP contribution in [0.2, 0.25) is 0 Å². The number of unbranched alkanes of at least 4 members (excludes halogenated alkanes) is 28. The van der Waals surface area contributed by atoms with E-state index >= 15 is 0 Å². The minimum atomic E-state index is -0.759. The molecule has 52 heavy (non-hydrogen) atoms. The smallest absolute Gasteiger partial charge is 0.306 e. The first-order chi connectivity index (χ1) is 25.4. The molecular formula is C46H88O6. The van der Waals surface area contributed by atoms with Gasteiger partial charge in [-0.2, -0.15) is 0 Å². The molecule has 6 heteroatoms. The van der Waals surface area contributed by atoms with Gasteiger partial charge >= 0.3 is 17.9 Å². The zero-order valence-corrected chi connectivity index (χ0v) is 35.3. The highest BCUT2D eigenvalue weighted by molar-refractivity contribution is 5.71. The molecule has 0 spiro atoms. The summed E-state index contributed by atoms with van der Waals surface area (Å²) >= 11 is 0. The Morgan fingerprint density at radius 1 is 0.365 bits per heavy atom. The molecule has 6 nitrogen and oxygen atoms in total. The third-order valence-electron chi connectivity index (χ3n) is 10.3. The van der Waals surface area contributed by atoms with Gasteiger partial charge in [-0.25, -0.2) is 0 Å². The van der Waals surface area contributed by atoms with E-state index in [2.05, 4.69) is 27.7 Å². The van der Waals surface area contributed by atoms with Crippen LogP contribution >= 0.6 is 0 Å². The second-order valence-corrected chi connectivity index (χ2v) is 16.2. The third-order valence-corrected chi connectivity index (χ3v) is 10.3. The van der Waals surface area contributed by atoms with E-state index in [1.54, 1.807) is 0 Å². The Morgan fingerprint density at radius 3 is 0.942 bits per heavy atom. The van der Waals surface area contributed by atoms with Crippen LogP contribution in [0.4, 0.5) is 0 Å². The predicted molar refractivity (Wildman–Crippen MR) is 220 cm³/mol. The molecule has 0 amide bonds. The Labute approximate surface area is 323 Å². The maximum Gasteiger partial charge on any atom is 0.306 e. The topological polar surface area (TPSA) is 78.9 Å². The molecule has 0 unspecified atom stereocenters. The van der Waals surface area contributed by atoms with Gasteiger partial charge in [-0.1, -0.05) is 214 Å². The number of hydrogen-bond donors (Lipinski definition) is 0. The van der Waals surface area contributed by atoms with E-state index in [-0.39, 0.29) is 31.1 Å². The Hall–Kier alpha value is -1.59. The molecule has 0 aliphatic rings. The summed E-state index contributed by atoms with van der Waals surface area (Å²) in [7, 11) is 0. The largest absolute Gasteiger partial charge is 0.462 e. The molecule has 0 radical (unpaired) electrons. The van der Waals surface area contributed by atoms with Crippen LogP contribution in [-0.4, -0.2) is 37.2 Å².